The molecule has 2 N–H and O–H groups in total. The number of anilines is 1. The second kappa shape index (κ2) is 11.1. The topological polar surface area (TPSA) is 78.5 Å². The van der Waals surface area contributed by atoms with Gasteiger partial charge >= 0.3 is 0 Å². The predicted octanol–water partition coefficient (Wildman–Crippen LogP) is 4.63. The maximum Gasteiger partial charge on any atom is 0.255 e. The zero-order valence-corrected chi connectivity index (χ0v) is 19.8. The molecule has 0 aliphatic carbocycles. The summed E-state index contributed by atoms with van der Waals surface area (Å²) >= 11 is 0. The quantitative estimate of drug-likeness (QED) is 0.473. The van der Waals surface area contributed by atoms with E-state index in [1.165, 1.54) is 37.6 Å². The average Bonchev–Trinajstić information content (AvgIpc) is 3.36. The molecule has 34 heavy (non-hydrogen) atoms. The van der Waals surface area contributed by atoms with Gasteiger partial charge in [-0.25, -0.2) is 8.42 Å². The van der Waals surface area contributed by atoms with Gasteiger partial charge in [-0.05, 0) is 73.0 Å². The van der Waals surface area contributed by atoms with Crippen LogP contribution in [-0.4, -0.2) is 32.3 Å². The van der Waals surface area contributed by atoms with Crippen molar-refractivity contribution in [3.8, 4) is 0 Å². The zero-order chi connectivity index (χ0) is 23.8. The first-order valence-electron chi connectivity index (χ1n) is 11.4. The molecule has 3 aromatic rings. The van der Waals surface area contributed by atoms with Crippen molar-refractivity contribution in [3.63, 3.8) is 0 Å². The van der Waals surface area contributed by atoms with Crippen molar-refractivity contribution in [1.82, 2.24) is 10.2 Å². The van der Waals surface area contributed by atoms with Gasteiger partial charge in [-0.1, -0.05) is 54.6 Å². The summed E-state index contributed by atoms with van der Waals surface area (Å²) in [6.45, 7) is 3.75. The van der Waals surface area contributed by atoms with Gasteiger partial charge in [-0.15, -0.1) is 0 Å². The second-order valence-electron chi connectivity index (χ2n) is 8.42. The molecular formula is C27H29N3O3S. The standard InChI is InChI=1S/C27H29N3O3S/c31-27(28-20-23-8-10-24(11-9-23)21-30-17-4-5-18-30)25-12-14-26(15-13-25)29-34(32,33)19-16-22-6-2-1-3-7-22/h1-3,6-16,19,29H,4-5,17-18,20-21H2,(H,28,31)/b19-16+. The van der Waals surface area contributed by atoms with Crippen molar-refractivity contribution < 1.29 is 13.2 Å². The Bertz CT molecular complexity index is 1220. The fourth-order valence-corrected chi connectivity index (χ4v) is 4.74. The van der Waals surface area contributed by atoms with Crippen molar-refractivity contribution in [1.29, 1.82) is 0 Å². The SMILES string of the molecule is O=C(NCc1ccc(CN2CCCC2)cc1)c1ccc(NS(=O)(=O)/C=C/c2ccccc2)cc1. The smallest absolute Gasteiger partial charge is 0.255 e. The van der Waals surface area contributed by atoms with Crippen molar-refractivity contribution in [3.05, 3.63) is 107 Å². The minimum absolute atomic E-state index is 0.209. The molecule has 0 spiro atoms. The Kier molecular flexibility index (Phi) is 7.77. The summed E-state index contributed by atoms with van der Waals surface area (Å²) in [5.41, 5.74) is 3.97. The Labute approximate surface area is 201 Å². The van der Waals surface area contributed by atoms with Crippen LogP contribution in [0, 0.1) is 0 Å². The molecule has 0 aromatic heterocycles. The van der Waals surface area contributed by atoms with Gasteiger partial charge in [-0.2, -0.15) is 0 Å². The van der Waals surface area contributed by atoms with Crippen molar-refractivity contribution in [2.24, 2.45) is 0 Å². The molecule has 1 amide bonds. The van der Waals surface area contributed by atoms with Crippen LogP contribution in [0.4, 0.5) is 5.69 Å². The molecule has 1 aliphatic heterocycles. The predicted molar refractivity (Wildman–Crippen MR) is 137 cm³/mol. The van der Waals surface area contributed by atoms with Crippen LogP contribution in [0.5, 0.6) is 0 Å². The minimum Gasteiger partial charge on any atom is -0.348 e. The monoisotopic (exact) mass is 475 g/mol. The number of nitrogens with zero attached hydrogens (tertiary/aromatic N) is 1. The Morgan fingerprint density at radius 2 is 1.50 bits per heavy atom. The lowest BCUT2D eigenvalue weighted by Crippen LogP contribution is -2.23. The van der Waals surface area contributed by atoms with Gasteiger partial charge < -0.3 is 5.32 Å². The molecule has 3 aromatic carbocycles. The molecule has 0 atom stereocenters. The molecule has 1 fully saturated rings. The van der Waals surface area contributed by atoms with Crippen LogP contribution in [-0.2, 0) is 23.1 Å². The number of amides is 1. The van der Waals surface area contributed by atoms with Crippen LogP contribution in [0.3, 0.4) is 0 Å². The number of hydrogen-bond acceptors (Lipinski definition) is 4. The fraction of sp³-hybridized carbons (Fsp3) is 0.222. The van der Waals surface area contributed by atoms with Crippen molar-refractivity contribution in [2.45, 2.75) is 25.9 Å². The van der Waals surface area contributed by atoms with E-state index >= 15 is 0 Å². The van der Waals surface area contributed by atoms with Crippen molar-refractivity contribution in [2.75, 3.05) is 17.8 Å². The van der Waals surface area contributed by atoms with E-state index in [0.29, 0.717) is 17.8 Å². The van der Waals surface area contributed by atoms with E-state index in [1.54, 1.807) is 24.3 Å². The molecule has 6 nitrogen and oxygen atoms in total. The molecule has 7 heteroatoms. The first-order valence-corrected chi connectivity index (χ1v) is 13.0. The van der Waals surface area contributed by atoms with E-state index in [4.69, 9.17) is 0 Å². The first-order chi connectivity index (χ1) is 16.5. The third-order valence-corrected chi connectivity index (χ3v) is 6.74. The van der Waals surface area contributed by atoms with Gasteiger partial charge in [0.2, 0.25) is 0 Å². The first kappa shape index (κ1) is 23.7. The summed E-state index contributed by atoms with van der Waals surface area (Å²) in [5.74, 6) is -0.209. The number of nitrogens with one attached hydrogen (secondary N) is 2. The van der Waals surface area contributed by atoms with E-state index in [-0.39, 0.29) is 5.91 Å². The third kappa shape index (κ3) is 7.04. The minimum atomic E-state index is -3.66. The zero-order valence-electron chi connectivity index (χ0n) is 19.0. The summed E-state index contributed by atoms with van der Waals surface area (Å²) in [7, 11) is -3.66. The summed E-state index contributed by atoms with van der Waals surface area (Å²) < 4.78 is 27.1. The molecule has 176 valence electrons. The third-order valence-electron chi connectivity index (χ3n) is 5.73. The van der Waals surface area contributed by atoms with Crippen LogP contribution in [0.15, 0.2) is 84.3 Å². The Morgan fingerprint density at radius 3 is 2.18 bits per heavy atom. The summed E-state index contributed by atoms with van der Waals surface area (Å²) in [6, 6.07) is 23.9. The number of benzene rings is 3. The molecule has 1 saturated heterocycles. The molecule has 1 heterocycles. The Balaban J connectivity index is 1.27. The molecule has 0 unspecified atom stereocenters. The van der Waals surface area contributed by atoms with Crippen molar-refractivity contribution >= 4 is 27.7 Å². The number of carbonyl (C=O) groups excluding carboxylic acids is 1. The molecule has 4 rings (SSSR count). The van der Waals surface area contributed by atoms with E-state index in [0.717, 1.165) is 23.1 Å². The molecule has 0 saturated carbocycles. The van der Waals surface area contributed by atoms with Gasteiger partial charge in [0.05, 0.1) is 5.41 Å². The summed E-state index contributed by atoms with van der Waals surface area (Å²) in [4.78, 5) is 15.0. The summed E-state index contributed by atoms with van der Waals surface area (Å²) in [5, 5.41) is 4.04. The van der Waals surface area contributed by atoms with Gasteiger partial charge in [0.1, 0.15) is 0 Å². The van der Waals surface area contributed by atoms with E-state index in [9.17, 15) is 13.2 Å². The van der Waals surface area contributed by atoms with Gasteiger partial charge in [0.15, 0.2) is 0 Å². The maximum absolute atomic E-state index is 12.5. The van der Waals surface area contributed by atoms with Crippen LogP contribution >= 0.6 is 0 Å². The van der Waals surface area contributed by atoms with Gasteiger partial charge in [0.25, 0.3) is 15.9 Å². The number of carbonyl (C=O) groups is 1. The molecule has 1 aliphatic rings. The highest BCUT2D eigenvalue weighted by Crippen LogP contribution is 2.15. The highest BCUT2D eigenvalue weighted by atomic mass is 32.2. The van der Waals surface area contributed by atoms with Crippen LogP contribution in [0.25, 0.3) is 6.08 Å². The number of rotatable bonds is 9. The second-order valence-corrected chi connectivity index (χ2v) is 9.99. The molecule has 0 radical (unpaired) electrons. The average molecular weight is 476 g/mol. The molecule has 0 bridgehead atoms. The highest BCUT2D eigenvalue weighted by molar-refractivity contribution is 7.95. The van der Waals surface area contributed by atoms with E-state index < -0.39 is 10.0 Å². The lowest BCUT2D eigenvalue weighted by Gasteiger charge is -2.14. The highest BCUT2D eigenvalue weighted by Gasteiger charge is 2.12. The van der Waals surface area contributed by atoms with E-state index in [1.807, 2.05) is 42.5 Å². The van der Waals surface area contributed by atoms with Gasteiger partial charge in [0, 0.05) is 24.3 Å². The Morgan fingerprint density at radius 1 is 0.853 bits per heavy atom. The lowest BCUT2D eigenvalue weighted by atomic mass is 10.1. The number of likely N-dealkylation sites (tertiary alicyclic amines) is 1. The molecular weight excluding hydrogens is 446 g/mol. The van der Waals surface area contributed by atoms with Gasteiger partial charge in [-0.3, -0.25) is 14.4 Å². The number of sulfonamides is 1. The fourth-order valence-electron chi connectivity index (χ4n) is 3.87. The summed E-state index contributed by atoms with van der Waals surface area (Å²) in [6.07, 6.45) is 4.09. The van der Waals surface area contributed by atoms with Crippen LogP contribution in [0.1, 0.15) is 39.9 Å². The largest absolute Gasteiger partial charge is 0.348 e. The van der Waals surface area contributed by atoms with Crippen LogP contribution < -0.4 is 10.0 Å². The normalized spacial score (nSPS) is 14.4. The van der Waals surface area contributed by atoms with Crippen LogP contribution in [0.2, 0.25) is 0 Å². The maximum atomic E-state index is 12.5. The number of hydrogen-bond donors (Lipinski definition) is 2. The Hall–Kier alpha value is -3.42. The lowest BCUT2D eigenvalue weighted by molar-refractivity contribution is 0.0951. The van der Waals surface area contributed by atoms with E-state index in [2.05, 4.69) is 27.1 Å².